The van der Waals surface area contributed by atoms with Crippen LogP contribution in [-0.4, -0.2) is 51.9 Å². The molecule has 0 aliphatic heterocycles. The van der Waals surface area contributed by atoms with Crippen LogP contribution in [0.5, 0.6) is 0 Å². The molecule has 0 aliphatic rings. The Balaban J connectivity index is 1.77. The van der Waals surface area contributed by atoms with Crippen LogP contribution < -0.4 is 5.32 Å². The number of hydrogen-bond donors (Lipinski definition) is 2. The summed E-state index contributed by atoms with van der Waals surface area (Å²) in [6.07, 6.45) is 4.29. The second kappa shape index (κ2) is 7.98. The molecule has 122 valence electrons. The van der Waals surface area contributed by atoms with Crippen LogP contribution in [0.25, 0.3) is 5.69 Å². The zero-order valence-electron chi connectivity index (χ0n) is 13.0. The number of carbonyl (C=O) groups is 2. The van der Waals surface area contributed by atoms with E-state index in [1.165, 1.54) is 4.90 Å². The molecule has 0 bridgehead atoms. The maximum absolute atomic E-state index is 11.8. The van der Waals surface area contributed by atoms with Gasteiger partial charge in [0.2, 0.25) is 0 Å². The number of para-hydroxylation sites is 1. The lowest BCUT2D eigenvalue weighted by molar-refractivity contribution is -0.137. The van der Waals surface area contributed by atoms with Crippen LogP contribution in [0.4, 0.5) is 4.79 Å². The normalized spacial score (nSPS) is 10.3. The van der Waals surface area contributed by atoms with E-state index < -0.39 is 5.97 Å². The highest BCUT2D eigenvalue weighted by Crippen LogP contribution is 2.07. The van der Waals surface area contributed by atoms with Gasteiger partial charge in [0.05, 0.1) is 18.3 Å². The van der Waals surface area contributed by atoms with Crippen molar-refractivity contribution in [1.82, 2.24) is 20.0 Å². The van der Waals surface area contributed by atoms with Crippen molar-refractivity contribution >= 4 is 12.0 Å². The Bertz CT molecular complexity index is 654. The third-order valence-electron chi connectivity index (χ3n) is 3.35. The minimum Gasteiger partial charge on any atom is -0.481 e. The summed E-state index contributed by atoms with van der Waals surface area (Å²) in [5.74, 6) is -0.919. The summed E-state index contributed by atoms with van der Waals surface area (Å²) in [6, 6.07) is 9.51. The van der Waals surface area contributed by atoms with Gasteiger partial charge in [-0.25, -0.2) is 9.48 Å². The van der Waals surface area contributed by atoms with Crippen molar-refractivity contribution in [3.05, 3.63) is 48.3 Å². The van der Waals surface area contributed by atoms with Gasteiger partial charge in [-0.1, -0.05) is 18.2 Å². The van der Waals surface area contributed by atoms with E-state index in [1.54, 1.807) is 17.9 Å². The Hall–Kier alpha value is -2.83. The van der Waals surface area contributed by atoms with Gasteiger partial charge in [-0.05, 0) is 24.1 Å². The van der Waals surface area contributed by atoms with Crippen LogP contribution in [0.1, 0.15) is 12.0 Å². The molecule has 2 rings (SSSR count). The van der Waals surface area contributed by atoms with Crippen LogP contribution in [0.2, 0.25) is 0 Å². The predicted octanol–water partition coefficient (Wildman–Crippen LogP) is 1.53. The monoisotopic (exact) mass is 316 g/mol. The Morgan fingerprint density at radius 3 is 2.74 bits per heavy atom. The molecule has 0 aliphatic carbocycles. The average Bonchev–Trinajstić information content (AvgIpc) is 3.02. The number of nitrogens with zero attached hydrogens (tertiary/aromatic N) is 3. The molecule has 0 unspecified atom stereocenters. The Labute approximate surface area is 134 Å². The number of carboxylic acids is 1. The number of urea groups is 1. The van der Waals surface area contributed by atoms with Crippen molar-refractivity contribution in [2.45, 2.75) is 12.8 Å². The molecule has 0 fully saturated rings. The van der Waals surface area contributed by atoms with Gasteiger partial charge in [-0.3, -0.25) is 4.79 Å². The first-order valence-corrected chi connectivity index (χ1v) is 7.36. The first-order valence-electron chi connectivity index (χ1n) is 7.36. The molecule has 1 heterocycles. The van der Waals surface area contributed by atoms with E-state index in [-0.39, 0.29) is 19.0 Å². The highest BCUT2D eigenvalue weighted by molar-refractivity contribution is 5.74. The Morgan fingerprint density at radius 2 is 2.04 bits per heavy atom. The second-order valence-electron chi connectivity index (χ2n) is 5.18. The van der Waals surface area contributed by atoms with Crippen molar-refractivity contribution in [2.24, 2.45) is 0 Å². The molecule has 0 saturated carbocycles. The second-order valence-corrected chi connectivity index (χ2v) is 5.18. The standard InChI is InChI=1S/C16H20N4O3/c1-19(10-8-15(21)22)16(23)17-9-7-13-11-18-20(12-13)14-5-3-2-4-6-14/h2-6,11-12H,7-10H2,1H3,(H,17,23)(H,21,22). The number of carboxylic acid groups (broad SMARTS) is 1. The average molecular weight is 316 g/mol. The molecular weight excluding hydrogens is 296 g/mol. The van der Waals surface area contributed by atoms with Gasteiger partial charge in [0, 0.05) is 26.3 Å². The number of aromatic nitrogens is 2. The smallest absolute Gasteiger partial charge is 0.317 e. The van der Waals surface area contributed by atoms with E-state index in [0.717, 1.165) is 11.3 Å². The summed E-state index contributed by atoms with van der Waals surface area (Å²) in [4.78, 5) is 23.6. The minimum absolute atomic E-state index is 0.0617. The van der Waals surface area contributed by atoms with Gasteiger partial charge < -0.3 is 15.3 Å². The highest BCUT2D eigenvalue weighted by atomic mass is 16.4. The van der Waals surface area contributed by atoms with Crippen LogP contribution in [0, 0.1) is 0 Å². The molecule has 1 aromatic heterocycles. The lowest BCUT2D eigenvalue weighted by atomic mass is 10.2. The molecule has 0 saturated heterocycles. The van der Waals surface area contributed by atoms with Crippen LogP contribution in [0.3, 0.4) is 0 Å². The number of aliphatic carboxylic acids is 1. The molecular formula is C16H20N4O3. The van der Waals surface area contributed by atoms with Crippen LogP contribution in [-0.2, 0) is 11.2 Å². The summed E-state index contributed by atoms with van der Waals surface area (Å²) in [5.41, 5.74) is 2.00. The predicted molar refractivity (Wildman–Crippen MR) is 85.5 cm³/mol. The molecule has 2 amide bonds. The fourth-order valence-electron chi connectivity index (χ4n) is 2.02. The lowest BCUT2D eigenvalue weighted by Gasteiger charge is -2.16. The summed E-state index contributed by atoms with van der Waals surface area (Å²) >= 11 is 0. The number of hydrogen-bond acceptors (Lipinski definition) is 3. The first-order chi connectivity index (χ1) is 11.1. The van der Waals surface area contributed by atoms with Crippen LogP contribution >= 0.6 is 0 Å². The number of carbonyl (C=O) groups excluding carboxylic acids is 1. The summed E-state index contributed by atoms with van der Waals surface area (Å²) in [5, 5.41) is 15.7. The van der Waals surface area contributed by atoms with E-state index in [2.05, 4.69) is 10.4 Å². The summed E-state index contributed by atoms with van der Waals surface area (Å²) in [6.45, 7) is 0.657. The maximum atomic E-state index is 11.8. The molecule has 0 radical (unpaired) electrons. The zero-order chi connectivity index (χ0) is 16.7. The van der Waals surface area contributed by atoms with E-state index in [4.69, 9.17) is 5.11 Å². The van der Waals surface area contributed by atoms with Crippen molar-refractivity contribution < 1.29 is 14.7 Å². The molecule has 2 N–H and O–H groups in total. The largest absolute Gasteiger partial charge is 0.481 e. The van der Waals surface area contributed by atoms with E-state index in [1.807, 2.05) is 36.5 Å². The van der Waals surface area contributed by atoms with E-state index in [9.17, 15) is 9.59 Å². The third-order valence-corrected chi connectivity index (χ3v) is 3.35. The molecule has 7 nitrogen and oxygen atoms in total. The van der Waals surface area contributed by atoms with Gasteiger partial charge in [0.25, 0.3) is 0 Å². The number of nitrogens with one attached hydrogen (secondary N) is 1. The highest BCUT2D eigenvalue weighted by Gasteiger charge is 2.09. The fourth-order valence-corrected chi connectivity index (χ4v) is 2.02. The number of rotatable bonds is 7. The maximum Gasteiger partial charge on any atom is 0.317 e. The lowest BCUT2D eigenvalue weighted by Crippen LogP contribution is -2.39. The van der Waals surface area contributed by atoms with Gasteiger partial charge in [0.15, 0.2) is 0 Å². The van der Waals surface area contributed by atoms with Crippen molar-refractivity contribution in [1.29, 1.82) is 0 Å². The molecule has 1 aromatic carbocycles. The van der Waals surface area contributed by atoms with Gasteiger partial charge in [0.1, 0.15) is 0 Å². The molecule has 7 heteroatoms. The van der Waals surface area contributed by atoms with Crippen molar-refractivity contribution in [3.63, 3.8) is 0 Å². The SMILES string of the molecule is CN(CCC(=O)O)C(=O)NCCc1cnn(-c2ccccc2)c1. The van der Waals surface area contributed by atoms with Crippen molar-refractivity contribution in [2.75, 3.05) is 20.1 Å². The fraction of sp³-hybridized carbons (Fsp3) is 0.312. The zero-order valence-corrected chi connectivity index (χ0v) is 13.0. The molecule has 2 aromatic rings. The third kappa shape index (κ3) is 5.14. The van der Waals surface area contributed by atoms with E-state index in [0.29, 0.717) is 13.0 Å². The number of amides is 2. The number of benzene rings is 1. The molecule has 0 atom stereocenters. The molecule has 23 heavy (non-hydrogen) atoms. The van der Waals surface area contributed by atoms with E-state index >= 15 is 0 Å². The van der Waals surface area contributed by atoms with Gasteiger partial charge in [-0.2, -0.15) is 5.10 Å². The minimum atomic E-state index is -0.919. The topological polar surface area (TPSA) is 87.5 Å². The van der Waals surface area contributed by atoms with Gasteiger partial charge in [-0.15, -0.1) is 0 Å². The van der Waals surface area contributed by atoms with Gasteiger partial charge >= 0.3 is 12.0 Å². The summed E-state index contributed by atoms with van der Waals surface area (Å²) < 4.78 is 1.79. The first kappa shape index (κ1) is 16.5. The quantitative estimate of drug-likeness (QED) is 0.811. The Morgan fingerprint density at radius 1 is 1.30 bits per heavy atom. The summed E-state index contributed by atoms with van der Waals surface area (Å²) in [7, 11) is 1.58. The molecule has 0 spiro atoms. The Kier molecular flexibility index (Phi) is 5.74. The van der Waals surface area contributed by atoms with Crippen LogP contribution in [0.15, 0.2) is 42.7 Å². The van der Waals surface area contributed by atoms with Crippen molar-refractivity contribution in [3.8, 4) is 5.69 Å².